The fourth-order valence-corrected chi connectivity index (χ4v) is 2.72. The van der Waals surface area contributed by atoms with Crippen LogP contribution in [0.1, 0.15) is 23.2 Å². The Morgan fingerprint density at radius 3 is 2.91 bits per heavy atom. The molecule has 3 N–H and O–H groups in total. The maximum Gasteiger partial charge on any atom is 0.292 e. The van der Waals surface area contributed by atoms with Crippen LogP contribution in [0.5, 0.6) is 0 Å². The molecular weight excluding hydrogens is 308 g/mol. The minimum absolute atomic E-state index is 0. The molecule has 1 heterocycles. The molecule has 0 aromatic heterocycles. The van der Waals surface area contributed by atoms with Crippen LogP contribution in [0.4, 0.5) is 11.4 Å². The molecule has 1 aromatic carbocycles. The molecule has 122 valence electrons. The molecule has 1 aliphatic rings. The van der Waals surface area contributed by atoms with Crippen molar-refractivity contribution in [2.75, 3.05) is 32.4 Å². The third-order valence-corrected chi connectivity index (χ3v) is 3.77. The fourth-order valence-electron chi connectivity index (χ4n) is 2.72. The predicted molar refractivity (Wildman–Crippen MR) is 87.3 cm³/mol. The van der Waals surface area contributed by atoms with E-state index in [1.807, 2.05) is 7.05 Å². The Balaban J connectivity index is 0.00000242. The van der Waals surface area contributed by atoms with Gasteiger partial charge in [0.25, 0.3) is 11.6 Å². The van der Waals surface area contributed by atoms with E-state index in [0.29, 0.717) is 24.6 Å². The number of amides is 1. The number of nitrogens with zero attached hydrogens (tertiary/aromatic N) is 2. The lowest BCUT2D eigenvalue weighted by Gasteiger charge is -2.32. The number of nitrogens with one attached hydrogen (secondary N) is 1. The molecule has 1 aliphatic heterocycles. The van der Waals surface area contributed by atoms with Gasteiger partial charge < -0.3 is 16.0 Å². The zero-order chi connectivity index (χ0) is 15.4. The summed E-state index contributed by atoms with van der Waals surface area (Å²) in [7, 11) is 1.89. The highest BCUT2D eigenvalue weighted by atomic mass is 35.5. The van der Waals surface area contributed by atoms with Crippen LogP contribution in [0.25, 0.3) is 0 Å². The van der Waals surface area contributed by atoms with Crippen molar-refractivity contribution in [3.8, 4) is 0 Å². The zero-order valence-electron chi connectivity index (χ0n) is 12.4. The van der Waals surface area contributed by atoms with Crippen LogP contribution in [-0.4, -0.2) is 42.4 Å². The Kier molecular flexibility index (Phi) is 6.58. The molecular formula is C14H21ClN4O3. The van der Waals surface area contributed by atoms with Gasteiger partial charge in [0, 0.05) is 24.7 Å². The number of benzene rings is 1. The number of carbonyl (C=O) groups excluding carboxylic acids is 1. The minimum atomic E-state index is -0.563. The van der Waals surface area contributed by atoms with Crippen molar-refractivity contribution in [1.29, 1.82) is 0 Å². The molecule has 1 fully saturated rings. The van der Waals surface area contributed by atoms with Gasteiger partial charge in [-0.1, -0.05) is 0 Å². The first kappa shape index (κ1) is 18.2. The molecule has 1 saturated heterocycles. The summed E-state index contributed by atoms with van der Waals surface area (Å²) in [4.78, 5) is 24.6. The first-order valence-electron chi connectivity index (χ1n) is 7.00. The summed E-state index contributed by atoms with van der Waals surface area (Å²) in [6, 6.07) is 4.23. The summed E-state index contributed by atoms with van der Waals surface area (Å²) >= 11 is 0. The Hall–Kier alpha value is -1.86. The number of nitro benzene ring substituents is 1. The van der Waals surface area contributed by atoms with E-state index in [1.54, 1.807) is 11.0 Å². The third-order valence-electron chi connectivity index (χ3n) is 3.77. The van der Waals surface area contributed by atoms with Crippen molar-refractivity contribution in [1.82, 2.24) is 10.2 Å². The second kappa shape index (κ2) is 7.95. The smallest absolute Gasteiger partial charge is 0.292 e. The van der Waals surface area contributed by atoms with Crippen molar-refractivity contribution in [2.45, 2.75) is 12.8 Å². The Morgan fingerprint density at radius 1 is 1.55 bits per heavy atom. The van der Waals surface area contributed by atoms with Crippen molar-refractivity contribution < 1.29 is 9.72 Å². The number of anilines is 1. The molecule has 0 aliphatic carbocycles. The topological polar surface area (TPSA) is 102 Å². The largest absolute Gasteiger partial charge is 0.393 e. The Bertz CT molecular complexity index is 551. The maximum atomic E-state index is 12.5. The highest BCUT2D eigenvalue weighted by Crippen LogP contribution is 2.24. The van der Waals surface area contributed by atoms with Crippen LogP contribution in [0.2, 0.25) is 0 Å². The van der Waals surface area contributed by atoms with E-state index in [2.05, 4.69) is 5.32 Å². The summed E-state index contributed by atoms with van der Waals surface area (Å²) in [6.45, 7) is 2.24. The number of hydrogen-bond donors (Lipinski definition) is 2. The van der Waals surface area contributed by atoms with Crippen molar-refractivity contribution in [3.05, 3.63) is 33.9 Å². The molecule has 2 rings (SSSR count). The molecule has 22 heavy (non-hydrogen) atoms. The first-order valence-corrected chi connectivity index (χ1v) is 7.00. The van der Waals surface area contributed by atoms with Gasteiger partial charge in [-0.05, 0) is 44.5 Å². The monoisotopic (exact) mass is 328 g/mol. The number of rotatable bonds is 4. The molecule has 0 spiro atoms. The van der Waals surface area contributed by atoms with E-state index in [9.17, 15) is 14.9 Å². The number of nitrogen functional groups attached to an aromatic ring is 1. The Morgan fingerprint density at radius 2 is 2.27 bits per heavy atom. The second-order valence-electron chi connectivity index (χ2n) is 5.35. The summed E-state index contributed by atoms with van der Waals surface area (Å²) in [6.07, 6.45) is 2.04. The number of carbonyl (C=O) groups is 1. The van der Waals surface area contributed by atoms with Gasteiger partial charge in [-0.2, -0.15) is 0 Å². The molecule has 7 nitrogen and oxygen atoms in total. The van der Waals surface area contributed by atoms with Gasteiger partial charge in [-0.15, -0.1) is 12.4 Å². The molecule has 1 unspecified atom stereocenters. The lowest BCUT2D eigenvalue weighted by atomic mass is 9.97. The number of hydrogen-bond acceptors (Lipinski definition) is 5. The minimum Gasteiger partial charge on any atom is -0.393 e. The third kappa shape index (κ3) is 4.08. The summed E-state index contributed by atoms with van der Waals surface area (Å²) in [5.74, 6) is 0.260. The van der Waals surface area contributed by atoms with Crippen LogP contribution >= 0.6 is 12.4 Å². The highest BCUT2D eigenvalue weighted by molar-refractivity contribution is 5.95. The standard InChI is InChI=1S/C14H20N4O3.ClH/c1-16-8-10-3-2-6-17(9-10)14(19)11-4-5-12(15)13(7-11)18(20)21;/h4-5,7,10,16H,2-3,6,8-9,15H2,1H3;1H. The van der Waals surface area contributed by atoms with Crippen molar-refractivity contribution in [2.24, 2.45) is 5.92 Å². The molecule has 0 radical (unpaired) electrons. The normalized spacial score (nSPS) is 17.7. The Labute approximate surface area is 135 Å². The fraction of sp³-hybridized carbons (Fsp3) is 0.500. The molecule has 0 saturated carbocycles. The van der Waals surface area contributed by atoms with E-state index in [4.69, 9.17) is 5.73 Å². The van der Waals surface area contributed by atoms with Crippen molar-refractivity contribution in [3.63, 3.8) is 0 Å². The molecule has 0 bridgehead atoms. The number of likely N-dealkylation sites (tertiary alicyclic amines) is 1. The molecule has 1 amide bonds. The van der Waals surface area contributed by atoms with E-state index >= 15 is 0 Å². The van der Waals surface area contributed by atoms with E-state index < -0.39 is 4.92 Å². The second-order valence-corrected chi connectivity index (χ2v) is 5.35. The lowest BCUT2D eigenvalue weighted by molar-refractivity contribution is -0.383. The van der Waals surface area contributed by atoms with Gasteiger partial charge in [0.1, 0.15) is 5.69 Å². The average Bonchev–Trinajstić information content (AvgIpc) is 2.47. The van der Waals surface area contributed by atoms with Crippen LogP contribution in [0.3, 0.4) is 0 Å². The molecule has 8 heteroatoms. The van der Waals surface area contributed by atoms with E-state index in [0.717, 1.165) is 19.4 Å². The van der Waals surface area contributed by atoms with Gasteiger partial charge in [-0.25, -0.2) is 0 Å². The number of halogens is 1. The molecule has 1 atom stereocenters. The van der Waals surface area contributed by atoms with Crippen LogP contribution < -0.4 is 11.1 Å². The van der Waals surface area contributed by atoms with Crippen LogP contribution in [-0.2, 0) is 0 Å². The number of piperidine rings is 1. The van der Waals surface area contributed by atoms with Crippen LogP contribution in [0.15, 0.2) is 18.2 Å². The van der Waals surface area contributed by atoms with Crippen LogP contribution in [0, 0.1) is 16.0 Å². The van der Waals surface area contributed by atoms with E-state index in [1.165, 1.54) is 12.1 Å². The van der Waals surface area contributed by atoms with Gasteiger partial charge in [0.15, 0.2) is 0 Å². The van der Waals surface area contributed by atoms with Gasteiger partial charge >= 0.3 is 0 Å². The average molecular weight is 329 g/mol. The SMILES string of the molecule is CNCC1CCCN(C(=O)c2ccc(N)c([N+](=O)[O-])c2)C1.Cl. The number of nitro groups is 1. The lowest BCUT2D eigenvalue weighted by Crippen LogP contribution is -2.42. The summed E-state index contributed by atoms with van der Waals surface area (Å²) < 4.78 is 0. The van der Waals surface area contributed by atoms with Gasteiger partial charge in [0.05, 0.1) is 4.92 Å². The molecule has 1 aromatic rings. The van der Waals surface area contributed by atoms with E-state index in [-0.39, 0.29) is 29.7 Å². The quantitative estimate of drug-likeness (QED) is 0.497. The first-order chi connectivity index (χ1) is 10.0. The van der Waals surface area contributed by atoms with Crippen molar-refractivity contribution >= 4 is 29.7 Å². The zero-order valence-corrected chi connectivity index (χ0v) is 13.3. The summed E-state index contributed by atoms with van der Waals surface area (Å²) in [5, 5.41) is 14.0. The highest BCUT2D eigenvalue weighted by Gasteiger charge is 2.25. The predicted octanol–water partition coefficient (Wildman–Crippen LogP) is 1.67. The van der Waals surface area contributed by atoms with Gasteiger partial charge in [0.2, 0.25) is 0 Å². The number of nitrogens with two attached hydrogens (primary N) is 1. The van der Waals surface area contributed by atoms with Gasteiger partial charge in [-0.3, -0.25) is 14.9 Å². The summed E-state index contributed by atoms with van der Waals surface area (Å²) in [5.41, 5.74) is 5.73. The maximum absolute atomic E-state index is 12.5.